The van der Waals surface area contributed by atoms with Gasteiger partial charge in [-0.2, -0.15) is 4.98 Å². The molecular formula is C23H26N4O2. The topological polar surface area (TPSA) is 59.5 Å². The second-order valence-electron chi connectivity index (χ2n) is 7.05. The summed E-state index contributed by atoms with van der Waals surface area (Å²) in [6.45, 7) is 2.56. The molecule has 0 unspecified atom stereocenters. The van der Waals surface area contributed by atoms with Crippen molar-refractivity contribution < 1.29 is 9.47 Å². The number of nitrogens with one attached hydrogen (secondary N) is 1. The SMILES string of the molecule is COc1ccc(CCNc2ccnc(N3CCc4ccccc4C3)n2)cc1OC. The van der Waals surface area contributed by atoms with Crippen LogP contribution in [-0.4, -0.2) is 37.3 Å². The number of nitrogens with zero attached hydrogens (tertiary/aromatic N) is 3. The number of ether oxygens (including phenoxy) is 2. The monoisotopic (exact) mass is 390 g/mol. The van der Waals surface area contributed by atoms with E-state index >= 15 is 0 Å². The number of rotatable bonds is 7. The summed E-state index contributed by atoms with van der Waals surface area (Å²) in [5.74, 6) is 3.11. The van der Waals surface area contributed by atoms with Crippen molar-refractivity contribution in [2.75, 3.05) is 37.5 Å². The number of hydrogen-bond donors (Lipinski definition) is 1. The van der Waals surface area contributed by atoms with Crippen LogP contribution in [-0.2, 0) is 19.4 Å². The van der Waals surface area contributed by atoms with E-state index in [-0.39, 0.29) is 0 Å². The van der Waals surface area contributed by atoms with Gasteiger partial charge in [0.2, 0.25) is 5.95 Å². The highest BCUT2D eigenvalue weighted by molar-refractivity contribution is 5.45. The van der Waals surface area contributed by atoms with E-state index in [1.54, 1.807) is 14.2 Å². The summed E-state index contributed by atoms with van der Waals surface area (Å²) < 4.78 is 10.7. The van der Waals surface area contributed by atoms with Crippen LogP contribution in [0.3, 0.4) is 0 Å². The molecule has 0 saturated heterocycles. The summed E-state index contributed by atoms with van der Waals surface area (Å²) >= 11 is 0. The van der Waals surface area contributed by atoms with Crippen molar-refractivity contribution in [3.63, 3.8) is 0 Å². The predicted molar refractivity (Wildman–Crippen MR) is 115 cm³/mol. The summed E-state index contributed by atoms with van der Waals surface area (Å²) in [4.78, 5) is 11.4. The third-order valence-electron chi connectivity index (χ3n) is 5.22. The fourth-order valence-corrected chi connectivity index (χ4v) is 3.64. The van der Waals surface area contributed by atoms with Crippen LogP contribution < -0.4 is 19.7 Å². The Kier molecular flexibility index (Phi) is 5.79. The fourth-order valence-electron chi connectivity index (χ4n) is 3.64. The highest BCUT2D eigenvalue weighted by atomic mass is 16.5. The molecule has 6 nitrogen and oxygen atoms in total. The van der Waals surface area contributed by atoms with Gasteiger partial charge >= 0.3 is 0 Å². The van der Waals surface area contributed by atoms with E-state index in [1.807, 2.05) is 24.4 Å². The molecular weight excluding hydrogens is 364 g/mol. The van der Waals surface area contributed by atoms with Gasteiger partial charge in [0, 0.05) is 25.8 Å². The highest BCUT2D eigenvalue weighted by Crippen LogP contribution is 2.27. The zero-order valence-electron chi connectivity index (χ0n) is 16.9. The van der Waals surface area contributed by atoms with E-state index in [4.69, 9.17) is 14.5 Å². The summed E-state index contributed by atoms with van der Waals surface area (Å²) in [5, 5.41) is 3.41. The Bertz CT molecular complexity index is 977. The van der Waals surface area contributed by atoms with E-state index in [2.05, 4.69) is 45.5 Å². The third-order valence-corrected chi connectivity index (χ3v) is 5.22. The van der Waals surface area contributed by atoms with Gasteiger partial charge in [0.25, 0.3) is 0 Å². The molecule has 0 radical (unpaired) electrons. The van der Waals surface area contributed by atoms with E-state index in [9.17, 15) is 0 Å². The van der Waals surface area contributed by atoms with Crippen molar-refractivity contribution >= 4 is 11.8 Å². The third kappa shape index (κ3) is 4.42. The van der Waals surface area contributed by atoms with Crippen molar-refractivity contribution in [2.45, 2.75) is 19.4 Å². The van der Waals surface area contributed by atoms with E-state index < -0.39 is 0 Å². The molecule has 0 spiro atoms. The van der Waals surface area contributed by atoms with Gasteiger partial charge in [-0.25, -0.2) is 4.98 Å². The Hall–Kier alpha value is -3.28. The lowest BCUT2D eigenvalue weighted by Crippen LogP contribution is -2.31. The average Bonchev–Trinajstić information content (AvgIpc) is 2.79. The first kappa shape index (κ1) is 19.1. The lowest BCUT2D eigenvalue weighted by Gasteiger charge is -2.28. The van der Waals surface area contributed by atoms with Crippen molar-refractivity contribution in [1.29, 1.82) is 0 Å². The van der Waals surface area contributed by atoms with Crippen LogP contribution in [0.1, 0.15) is 16.7 Å². The number of aromatic nitrogens is 2. The molecule has 1 aromatic heterocycles. The van der Waals surface area contributed by atoms with Crippen LogP contribution >= 0.6 is 0 Å². The van der Waals surface area contributed by atoms with E-state index in [0.717, 1.165) is 55.7 Å². The van der Waals surface area contributed by atoms with Crippen molar-refractivity contribution in [2.24, 2.45) is 0 Å². The van der Waals surface area contributed by atoms with Crippen molar-refractivity contribution in [1.82, 2.24) is 9.97 Å². The molecule has 0 atom stereocenters. The minimum atomic E-state index is 0.743. The van der Waals surface area contributed by atoms with Gasteiger partial charge in [-0.1, -0.05) is 30.3 Å². The maximum Gasteiger partial charge on any atom is 0.227 e. The molecule has 6 heteroatoms. The van der Waals surface area contributed by atoms with Crippen LogP contribution in [0.4, 0.5) is 11.8 Å². The second kappa shape index (κ2) is 8.82. The van der Waals surface area contributed by atoms with Crippen molar-refractivity contribution in [3.8, 4) is 11.5 Å². The summed E-state index contributed by atoms with van der Waals surface area (Å²) in [7, 11) is 3.30. The first-order chi connectivity index (χ1) is 14.3. The van der Waals surface area contributed by atoms with Gasteiger partial charge in [0.05, 0.1) is 14.2 Å². The minimum Gasteiger partial charge on any atom is -0.493 e. The molecule has 2 aromatic carbocycles. The van der Waals surface area contributed by atoms with Gasteiger partial charge in [-0.15, -0.1) is 0 Å². The molecule has 150 valence electrons. The van der Waals surface area contributed by atoms with Gasteiger partial charge in [-0.05, 0) is 47.7 Å². The Morgan fingerprint density at radius 1 is 1.00 bits per heavy atom. The maximum atomic E-state index is 5.38. The standard InChI is InChI=1S/C23H26N4O2/c1-28-20-8-7-17(15-21(20)29-2)9-12-24-22-10-13-25-23(26-22)27-14-11-18-5-3-4-6-19(18)16-27/h3-8,10,13,15H,9,11-12,14,16H2,1-2H3,(H,24,25,26). The number of anilines is 2. The molecule has 0 aliphatic carbocycles. The van der Waals surface area contributed by atoms with Crippen LogP contribution in [0.25, 0.3) is 0 Å². The van der Waals surface area contributed by atoms with Gasteiger partial charge in [-0.3, -0.25) is 0 Å². The smallest absolute Gasteiger partial charge is 0.227 e. The van der Waals surface area contributed by atoms with Gasteiger partial charge in [0.1, 0.15) is 5.82 Å². The Balaban J connectivity index is 1.37. The zero-order chi connectivity index (χ0) is 20.1. The molecule has 0 saturated carbocycles. The normalized spacial score (nSPS) is 13.0. The van der Waals surface area contributed by atoms with E-state index in [0.29, 0.717) is 0 Å². The van der Waals surface area contributed by atoms with E-state index in [1.165, 1.54) is 16.7 Å². The zero-order valence-corrected chi connectivity index (χ0v) is 16.9. The molecule has 0 bridgehead atoms. The Labute approximate surface area is 171 Å². The molecule has 1 aliphatic rings. The summed E-state index contributed by atoms with van der Waals surface area (Å²) in [5.41, 5.74) is 3.96. The number of methoxy groups -OCH3 is 2. The van der Waals surface area contributed by atoms with Gasteiger partial charge in [0.15, 0.2) is 11.5 Å². The number of benzene rings is 2. The molecule has 1 aliphatic heterocycles. The molecule has 4 rings (SSSR count). The molecule has 3 aromatic rings. The predicted octanol–water partition coefficient (Wildman–Crippen LogP) is 3.71. The molecule has 0 fully saturated rings. The van der Waals surface area contributed by atoms with Gasteiger partial charge < -0.3 is 19.7 Å². The maximum absolute atomic E-state index is 5.38. The van der Waals surface area contributed by atoms with Crippen LogP contribution in [0.15, 0.2) is 54.7 Å². The molecule has 29 heavy (non-hydrogen) atoms. The number of fused-ring (bicyclic) bond motifs is 1. The molecule has 0 amide bonds. The summed E-state index contributed by atoms with van der Waals surface area (Å²) in [6, 6.07) is 16.5. The first-order valence-corrected chi connectivity index (χ1v) is 9.86. The lowest BCUT2D eigenvalue weighted by atomic mass is 10.0. The number of hydrogen-bond acceptors (Lipinski definition) is 6. The lowest BCUT2D eigenvalue weighted by molar-refractivity contribution is 0.354. The average molecular weight is 390 g/mol. The second-order valence-corrected chi connectivity index (χ2v) is 7.05. The Morgan fingerprint density at radius 2 is 1.83 bits per heavy atom. The minimum absolute atomic E-state index is 0.743. The van der Waals surface area contributed by atoms with Crippen LogP contribution in [0, 0.1) is 0 Å². The first-order valence-electron chi connectivity index (χ1n) is 9.86. The molecule has 2 heterocycles. The quantitative estimate of drug-likeness (QED) is 0.664. The van der Waals surface area contributed by atoms with Crippen molar-refractivity contribution in [3.05, 3.63) is 71.4 Å². The summed E-state index contributed by atoms with van der Waals surface area (Å²) in [6.07, 6.45) is 3.70. The fraction of sp³-hybridized carbons (Fsp3) is 0.304. The van der Waals surface area contributed by atoms with Crippen LogP contribution in [0.2, 0.25) is 0 Å². The molecule has 1 N–H and O–H groups in total. The highest BCUT2D eigenvalue weighted by Gasteiger charge is 2.18. The van der Waals surface area contributed by atoms with Crippen LogP contribution in [0.5, 0.6) is 11.5 Å². The Morgan fingerprint density at radius 3 is 2.66 bits per heavy atom. The largest absolute Gasteiger partial charge is 0.493 e.